The number of aromatic carboxylic acids is 1. The number of carboxylic acids is 1. The van der Waals surface area contributed by atoms with Gasteiger partial charge in [0, 0.05) is 12.1 Å². The zero-order valence-corrected chi connectivity index (χ0v) is 12.1. The molecule has 1 aliphatic heterocycles. The number of benzene rings is 2. The van der Waals surface area contributed by atoms with E-state index in [1.165, 1.54) is 0 Å². The van der Waals surface area contributed by atoms with Crippen LogP contribution in [0.1, 0.15) is 15.9 Å². The molecule has 108 valence electrons. The van der Waals surface area contributed by atoms with Crippen LogP contribution in [0.25, 0.3) is 11.1 Å². The highest BCUT2D eigenvalue weighted by Gasteiger charge is 2.08. The fourth-order valence-corrected chi connectivity index (χ4v) is 2.22. The van der Waals surface area contributed by atoms with E-state index in [-0.39, 0.29) is 12.4 Å². The molecular formula is C16H15ClN2O2. The molecule has 1 aliphatic rings. The van der Waals surface area contributed by atoms with Gasteiger partial charge in [-0.25, -0.2) is 4.79 Å². The molecule has 0 atom stereocenters. The van der Waals surface area contributed by atoms with Crippen LogP contribution in [0.2, 0.25) is 0 Å². The Morgan fingerprint density at radius 2 is 1.48 bits per heavy atom. The minimum atomic E-state index is -0.905. The Hall–Kier alpha value is -2.33. The number of amidine groups is 1. The van der Waals surface area contributed by atoms with Gasteiger partial charge in [-0.2, -0.15) is 0 Å². The summed E-state index contributed by atoms with van der Waals surface area (Å²) in [5.41, 5.74) is 3.44. The predicted octanol–water partition coefficient (Wildman–Crippen LogP) is 2.82. The Bertz CT molecular complexity index is 664. The fraction of sp³-hybridized carbons (Fsp3) is 0.125. The molecule has 2 N–H and O–H groups in total. The van der Waals surface area contributed by atoms with Crippen LogP contribution in [-0.4, -0.2) is 30.0 Å². The van der Waals surface area contributed by atoms with Crippen LogP contribution in [0.4, 0.5) is 0 Å². The Morgan fingerprint density at radius 1 is 0.952 bits per heavy atom. The number of nitrogens with one attached hydrogen (secondary N) is 1. The van der Waals surface area contributed by atoms with Crippen LogP contribution < -0.4 is 5.32 Å². The number of carbonyl (C=O) groups is 1. The van der Waals surface area contributed by atoms with E-state index in [9.17, 15) is 4.79 Å². The number of rotatable bonds is 3. The third-order valence-electron chi connectivity index (χ3n) is 3.30. The van der Waals surface area contributed by atoms with Crippen molar-refractivity contribution in [1.82, 2.24) is 5.32 Å². The van der Waals surface area contributed by atoms with Gasteiger partial charge in [0.05, 0.1) is 12.1 Å². The summed E-state index contributed by atoms with van der Waals surface area (Å²) in [6, 6.07) is 15.0. The smallest absolute Gasteiger partial charge is 0.335 e. The van der Waals surface area contributed by atoms with E-state index < -0.39 is 5.97 Å². The highest BCUT2D eigenvalue weighted by atomic mass is 35.5. The van der Waals surface area contributed by atoms with Crippen molar-refractivity contribution in [3.05, 3.63) is 59.7 Å². The third-order valence-corrected chi connectivity index (χ3v) is 3.30. The summed E-state index contributed by atoms with van der Waals surface area (Å²) in [5.74, 6) is 0.0370. The molecule has 5 heteroatoms. The molecular weight excluding hydrogens is 288 g/mol. The normalized spacial score (nSPS) is 13.0. The van der Waals surface area contributed by atoms with Crippen molar-refractivity contribution in [2.75, 3.05) is 13.1 Å². The van der Waals surface area contributed by atoms with Gasteiger partial charge in [-0.15, -0.1) is 12.4 Å². The van der Waals surface area contributed by atoms with Gasteiger partial charge in [0.1, 0.15) is 5.84 Å². The zero-order chi connectivity index (χ0) is 13.9. The summed E-state index contributed by atoms with van der Waals surface area (Å²) in [4.78, 5) is 15.2. The monoisotopic (exact) mass is 302 g/mol. The maximum atomic E-state index is 10.8. The molecule has 0 saturated carbocycles. The molecule has 2 aromatic carbocycles. The predicted molar refractivity (Wildman–Crippen MR) is 85.5 cm³/mol. The Labute approximate surface area is 128 Å². The van der Waals surface area contributed by atoms with Gasteiger partial charge in [-0.05, 0) is 23.3 Å². The van der Waals surface area contributed by atoms with Crippen molar-refractivity contribution in [3.63, 3.8) is 0 Å². The molecule has 21 heavy (non-hydrogen) atoms. The maximum absolute atomic E-state index is 10.8. The standard InChI is InChI=1S/C16H14N2O2.ClH/c19-16(20)14-7-3-12(4-8-14)11-1-5-13(6-2-11)15-17-9-10-18-15;/h1-8H,9-10H2,(H,17,18)(H,19,20);1H. The summed E-state index contributed by atoms with van der Waals surface area (Å²) in [6.07, 6.45) is 0. The van der Waals surface area contributed by atoms with Crippen molar-refractivity contribution < 1.29 is 9.90 Å². The van der Waals surface area contributed by atoms with Gasteiger partial charge >= 0.3 is 5.97 Å². The van der Waals surface area contributed by atoms with Crippen molar-refractivity contribution in [1.29, 1.82) is 0 Å². The number of nitrogens with zero attached hydrogens (tertiary/aromatic N) is 1. The number of hydrogen-bond donors (Lipinski definition) is 2. The quantitative estimate of drug-likeness (QED) is 0.916. The molecule has 2 aromatic rings. The van der Waals surface area contributed by atoms with Crippen molar-refractivity contribution in [2.24, 2.45) is 4.99 Å². The van der Waals surface area contributed by atoms with Gasteiger partial charge in [0.2, 0.25) is 0 Å². The van der Waals surface area contributed by atoms with Crippen LogP contribution in [0.3, 0.4) is 0 Å². The third kappa shape index (κ3) is 3.23. The van der Waals surface area contributed by atoms with Crippen LogP contribution in [0.5, 0.6) is 0 Å². The minimum absolute atomic E-state index is 0. The molecule has 0 amide bonds. The van der Waals surface area contributed by atoms with E-state index in [0.717, 1.165) is 35.6 Å². The molecule has 4 nitrogen and oxygen atoms in total. The second-order valence-electron chi connectivity index (χ2n) is 4.62. The number of halogens is 1. The van der Waals surface area contributed by atoms with Gasteiger partial charge < -0.3 is 10.4 Å². The molecule has 3 rings (SSSR count). The van der Waals surface area contributed by atoms with Gasteiger partial charge in [-0.1, -0.05) is 36.4 Å². The summed E-state index contributed by atoms with van der Waals surface area (Å²) < 4.78 is 0. The molecule has 0 aliphatic carbocycles. The van der Waals surface area contributed by atoms with Gasteiger partial charge in [0.15, 0.2) is 0 Å². The minimum Gasteiger partial charge on any atom is -0.478 e. The first-order valence-electron chi connectivity index (χ1n) is 6.46. The summed E-state index contributed by atoms with van der Waals surface area (Å²) in [7, 11) is 0. The molecule has 0 saturated heterocycles. The largest absolute Gasteiger partial charge is 0.478 e. The van der Waals surface area contributed by atoms with Crippen molar-refractivity contribution in [3.8, 4) is 11.1 Å². The summed E-state index contributed by atoms with van der Waals surface area (Å²) >= 11 is 0. The first-order valence-corrected chi connectivity index (χ1v) is 6.46. The lowest BCUT2D eigenvalue weighted by atomic mass is 10.0. The lowest BCUT2D eigenvalue weighted by Crippen LogP contribution is -2.19. The maximum Gasteiger partial charge on any atom is 0.335 e. The Kier molecular flexibility index (Phi) is 4.60. The second kappa shape index (κ2) is 6.41. The Balaban J connectivity index is 0.00000161. The first kappa shape index (κ1) is 15.1. The van der Waals surface area contributed by atoms with Crippen molar-refractivity contribution in [2.45, 2.75) is 0 Å². The topological polar surface area (TPSA) is 61.7 Å². The SMILES string of the molecule is Cl.O=C(O)c1ccc(-c2ccc(C3=NCCN3)cc2)cc1. The van der Waals surface area contributed by atoms with Gasteiger partial charge in [0.25, 0.3) is 0 Å². The molecule has 0 fully saturated rings. The van der Waals surface area contributed by atoms with Crippen LogP contribution in [0, 0.1) is 0 Å². The number of carboxylic acid groups (broad SMARTS) is 1. The van der Waals surface area contributed by atoms with Crippen LogP contribution >= 0.6 is 12.4 Å². The highest BCUT2D eigenvalue weighted by molar-refractivity contribution is 6.00. The molecule has 0 aromatic heterocycles. The van der Waals surface area contributed by atoms with E-state index in [2.05, 4.69) is 10.3 Å². The summed E-state index contributed by atoms with van der Waals surface area (Å²) in [5, 5.41) is 12.1. The van der Waals surface area contributed by atoms with Gasteiger partial charge in [-0.3, -0.25) is 4.99 Å². The lowest BCUT2D eigenvalue weighted by molar-refractivity contribution is 0.0697. The lowest BCUT2D eigenvalue weighted by Gasteiger charge is -2.05. The molecule has 0 bridgehead atoms. The van der Waals surface area contributed by atoms with E-state index in [1.54, 1.807) is 12.1 Å². The molecule has 0 radical (unpaired) electrons. The first-order chi connectivity index (χ1) is 9.74. The van der Waals surface area contributed by atoms with Crippen molar-refractivity contribution >= 4 is 24.2 Å². The fourth-order valence-electron chi connectivity index (χ4n) is 2.22. The summed E-state index contributed by atoms with van der Waals surface area (Å²) in [6.45, 7) is 1.72. The van der Waals surface area contributed by atoms with E-state index in [1.807, 2.05) is 36.4 Å². The van der Waals surface area contributed by atoms with Crippen LogP contribution in [0.15, 0.2) is 53.5 Å². The van der Waals surface area contributed by atoms with E-state index in [4.69, 9.17) is 5.11 Å². The van der Waals surface area contributed by atoms with Crippen LogP contribution in [-0.2, 0) is 0 Å². The molecule has 1 heterocycles. The number of aliphatic imine (C=N–C) groups is 1. The molecule has 0 spiro atoms. The molecule has 0 unspecified atom stereocenters. The number of hydrogen-bond acceptors (Lipinski definition) is 3. The average molecular weight is 303 g/mol. The average Bonchev–Trinajstić information content (AvgIpc) is 3.02. The van der Waals surface area contributed by atoms with E-state index >= 15 is 0 Å². The zero-order valence-electron chi connectivity index (χ0n) is 11.2. The highest BCUT2D eigenvalue weighted by Crippen LogP contribution is 2.20. The van der Waals surface area contributed by atoms with E-state index in [0.29, 0.717) is 5.56 Å². The Morgan fingerprint density at radius 3 is 1.95 bits per heavy atom. The second-order valence-corrected chi connectivity index (χ2v) is 4.62.